The fourth-order valence-electron chi connectivity index (χ4n) is 2.80. The van der Waals surface area contributed by atoms with Gasteiger partial charge < -0.3 is 13.3 Å². The SMILES string of the molecule is FC(F)(F)C(F)(F)C(F)(F)C(F)(F)O[Si](OC(F)(F)C(F)(F)C(F)(F)C(F)(F)F)(OC(F)(F)C(F)(F)C(F)(F)C(F)(F)F)C(F)(F)C(F)(F)C(F)(F)C(F)(F)C(F)(F)F. The molecule has 0 rings (SSSR count). The van der Waals surface area contributed by atoms with E-state index in [1.54, 1.807) is 0 Å². The van der Waals surface area contributed by atoms with Crippen LogP contribution in [0.2, 0.25) is 0 Å². The summed E-state index contributed by atoms with van der Waals surface area (Å²) in [6.45, 7) is 0. The lowest BCUT2D eigenvalue weighted by Crippen LogP contribution is -2.81. The Balaban J connectivity index is 9.53. The number of rotatable bonds is 16. The smallest absolute Gasteiger partial charge is 0.304 e. The molecule has 0 aromatic rings. The number of alkyl halides is 38. The zero-order valence-corrected chi connectivity index (χ0v) is 25.6. The first-order chi connectivity index (χ1) is 24.6. The van der Waals surface area contributed by atoms with Crippen molar-refractivity contribution in [1.82, 2.24) is 0 Å². The van der Waals surface area contributed by atoms with E-state index in [1.165, 1.54) is 0 Å². The Labute approximate surface area is 292 Å². The van der Waals surface area contributed by atoms with E-state index in [4.69, 9.17) is 0 Å². The van der Waals surface area contributed by atoms with Crippen LogP contribution in [0.5, 0.6) is 0 Å². The van der Waals surface area contributed by atoms with E-state index in [9.17, 15) is 158 Å². The molecule has 0 radical (unpaired) electrons. The Morgan fingerprint density at radius 3 is 0.492 bits per heavy atom. The molecule has 42 heteroatoms. The van der Waals surface area contributed by atoms with Gasteiger partial charge in [-0.2, -0.15) is 167 Å². The van der Waals surface area contributed by atoms with Gasteiger partial charge >= 0.3 is 111 Å². The average Bonchev–Trinajstić information content (AvgIpc) is 2.92. The van der Waals surface area contributed by atoms with Crippen molar-refractivity contribution in [2.24, 2.45) is 0 Å². The second-order valence-corrected chi connectivity index (χ2v) is 12.5. The van der Waals surface area contributed by atoms with E-state index in [2.05, 4.69) is 0 Å². The maximum atomic E-state index is 15.1. The van der Waals surface area contributed by atoms with Gasteiger partial charge in [0.05, 0.1) is 0 Å². The third-order valence-corrected chi connectivity index (χ3v) is 8.72. The second-order valence-electron chi connectivity index (χ2n) is 10.1. The first-order valence-electron chi connectivity index (χ1n) is 11.9. The van der Waals surface area contributed by atoms with Gasteiger partial charge in [0.2, 0.25) is 0 Å². The minimum Gasteiger partial charge on any atom is -0.304 e. The van der Waals surface area contributed by atoms with Crippen molar-refractivity contribution < 1.29 is 180 Å². The van der Waals surface area contributed by atoms with E-state index >= 15 is 8.78 Å². The highest BCUT2D eigenvalue weighted by Gasteiger charge is 2.98. The highest BCUT2D eigenvalue weighted by Crippen LogP contribution is 2.65. The van der Waals surface area contributed by atoms with Gasteiger partial charge in [-0.1, -0.05) is 0 Å². The molecule has 0 aliphatic carbocycles. The zero-order chi connectivity index (χ0) is 49.1. The highest BCUT2D eigenvalue weighted by molar-refractivity contribution is 6.64. The van der Waals surface area contributed by atoms with E-state index in [0.29, 0.717) is 13.3 Å². The van der Waals surface area contributed by atoms with Crippen molar-refractivity contribution in [3.8, 4) is 0 Å². The third kappa shape index (κ3) is 7.91. The number of hydrogen-bond acceptors (Lipinski definition) is 3. The zero-order valence-electron chi connectivity index (χ0n) is 24.6. The Morgan fingerprint density at radius 2 is 0.339 bits per heavy atom. The van der Waals surface area contributed by atoms with Crippen molar-refractivity contribution in [2.75, 3.05) is 0 Å². The summed E-state index contributed by atoms with van der Waals surface area (Å²) in [5.74, 6) is -87.0. The van der Waals surface area contributed by atoms with Crippen LogP contribution in [-0.4, -0.2) is 111 Å². The molecule has 0 aliphatic rings. The summed E-state index contributed by atoms with van der Waals surface area (Å²) < 4.78 is 512. The lowest BCUT2D eigenvalue weighted by atomic mass is 10.0. The lowest BCUT2D eigenvalue weighted by Gasteiger charge is -2.47. The summed E-state index contributed by atoms with van der Waals surface area (Å²) in [7, 11) is -13.1. The van der Waals surface area contributed by atoms with Gasteiger partial charge in [-0.05, 0) is 0 Å². The largest absolute Gasteiger partial charge is 0.595 e. The molecule has 59 heavy (non-hydrogen) atoms. The summed E-state index contributed by atoms with van der Waals surface area (Å²) in [6, 6.07) is 0. The molecule has 0 fully saturated rings. The van der Waals surface area contributed by atoms with Crippen molar-refractivity contribution in [1.29, 1.82) is 0 Å². The van der Waals surface area contributed by atoms with Crippen LogP contribution in [0.3, 0.4) is 0 Å². The van der Waals surface area contributed by atoms with Crippen LogP contribution in [0.25, 0.3) is 0 Å². The van der Waals surface area contributed by atoms with Crippen molar-refractivity contribution in [3.63, 3.8) is 0 Å². The van der Waals surface area contributed by atoms with Crippen LogP contribution in [-0.2, 0) is 13.3 Å². The molecule has 356 valence electrons. The summed E-state index contributed by atoms with van der Waals surface area (Å²) in [4.78, 5) is 0. The highest BCUT2D eigenvalue weighted by atomic mass is 28.4. The molecule has 0 aromatic carbocycles. The Morgan fingerprint density at radius 1 is 0.186 bits per heavy atom. The molecular weight excluding hydrogens is 1000 g/mol. The van der Waals surface area contributed by atoms with Gasteiger partial charge in [0.1, 0.15) is 0 Å². The summed E-state index contributed by atoms with van der Waals surface area (Å²) in [5, 5.41) is 0. The van der Waals surface area contributed by atoms with Gasteiger partial charge in [0.15, 0.2) is 0 Å². The van der Waals surface area contributed by atoms with Gasteiger partial charge in [-0.15, -0.1) is 0 Å². The minimum atomic E-state index is -13.1. The van der Waals surface area contributed by atoms with Crippen LogP contribution in [0, 0.1) is 0 Å². The molecule has 0 spiro atoms. The predicted molar refractivity (Wildman–Crippen MR) is 97.5 cm³/mol. The standard InChI is InChI=1S/C17F38O3Si/c18-1(19,2(20,21)10(36,37)38)9(34,35)17(54,55)59(56-14(48,49)6(28,29)3(22,23)11(39,40)41,57-15(50,51)7(30,31)4(24,25)12(42,43)44)58-16(52,53)8(32,33)5(26,27)13(45,46)47. The molecule has 0 heterocycles. The van der Waals surface area contributed by atoms with E-state index in [0.717, 1.165) is 0 Å². The molecular formula is C17F38O3Si. The van der Waals surface area contributed by atoms with Crippen LogP contribution < -0.4 is 0 Å². The van der Waals surface area contributed by atoms with E-state index in [-0.39, 0.29) is 0 Å². The number of halogens is 38. The summed E-state index contributed by atoms with van der Waals surface area (Å²) >= 11 is 0. The fraction of sp³-hybridized carbons (Fsp3) is 1.00. The summed E-state index contributed by atoms with van der Waals surface area (Å²) in [6.07, 6.45) is -64.9. The molecule has 3 nitrogen and oxygen atoms in total. The average molecular weight is 1000 g/mol. The van der Waals surface area contributed by atoms with Crippen molar-refractivity contribution in [3.05, 3.63) is 0 Å². The maximum absolute atomic E-state index is 15.1. The molecule has 0 aromatic heterocycles. The van der Waals surface area contributed by atoms with Gasteiger partial charge in [0, 0.05) is 0 Å². The quantitative estimate of drug-likeness (QED) is 0.114. The Kier molecular flexibility index (Phi) is 13.4. The van der Waals surface area contributed by atoms with Gasteiger partial charge in [-0.3, -0.25) is 0 Å². The lowest BCUT2D eigenvalue weighted by molar-refractivity contribution is -0.472. The Bertz CT molecular complexity index is 1360. The van der Waals surface area contributed by atoms with E-state index in [1.807, 2.05) is 0 Å². The topological polar surface area (TPSA) is 27.7 Å². The predicted octanol–water partition coefficient (Wildman–Crippen LogP) is 11.9. The van der Waals surface area contributed by atoms with Crippen LogP contribution in [0.4, 0.5) is 167 Å². The minimum absolute atomic E-state index is 0.638. The Hall–Kier alpha value is -2.56. The second kappa shape index (κ2) is 14.0. The third-order valence-electron chi connectivity index (χ3n) is 6.06. The molecule has 0 saturated heterocycles. The van der Waals surface area contributed by atoms with Crippen molar-refractivity contribution in [2.45, 2.75) is 102 Å². The van der Waals surface area contributed by atoms with Crippen LogP contribution in [0.15, 0.2) is 0 Å². The van der Waals surface area contributed by atoms with Crippen LogP contribution in [0.1, 0.15) is 0 Å². The molecule has 0 amide bonds. The van der Waals surface area contributed by atoms with Crippen molar-refractivity contribution >= 4 is 8.80 Å². The molecule has 0 N–H and O–H groups in total. The molecule has 0 bridgehead atoms. The molecule has 0 unspecified atom stereocenters. The maximum Gasteiger partial charge on any atom is 0.595 e. The first kappa shape index (κ1) is 56.4. The first-order valence-corrected chi connectivity index (χ1v) is 13.6. The monoisotopic (exact) mass is 1000 g/mol. The molecule has 0 atom stereocenters. The number of hydrogen-bond donors (Lipinski definition) is 0. The normalized spacial score (nSPS) is 17.2. The van der Waals surface area contributed by atoms with Gasteiger partial charge in [0.25, 0.3) is 0 Å². The molecule has 0 saturated carbocycles. The fourth-order valence-corrected chi connectivity index (χ4v) is 5.25. The van der Waals surface area contributed by atoms with Gasteiger partial charge in [-0.25, -0.2) is 0 Å². The van der Waals surface area contributed by atoms with E-state index < -0.39 is 111 Å². The molecule has 0 aliphatic heterocycles. The van der Waals surface area contributed by atoms with Crippen LogP contribution >= 0.6 is 0 Å². The summed E-state index contributed by atoms with van der Waals surface area (Å²) in [5.41, 5.74) is -10.7.